The first-order valence-electron chi connectivity index (χ1n) is 10.6. The molecular weight excluding hydrogens is 464 g/mol. The summed E-state index contributed by atoms with van der Waals surface area (Å²) < 4.78 is 28.0. The van der Waals surface area contributed by atoms with Crippen molar-refractivity contribution in [1.82, 2.24) is 19.0 Å². The summed E-state index contributed by atoms with van der Waals surface area (Å²) in [5, 5.41) is 1.84. The quantitative estimate of drug-likeness (QED) is 0.453. The molecule has 0 aliphatic carbocycles. The highest BCUT2D eigenvalue weighted by atomic mass is 32.2. The topological polar surface area (TPSA) is 98.3 Å². The number of imide groups is 2. The number of carbonyl (C=O) groups is 3. The molecule has 0 N–H and O–H groups in total. The molecule has 33 heavy (non-hydrogen) atoms. The minimum absolute atomic E-state index is 0.0409. The van der Waals surface area contributed by atoms with Crippen LogP contribution in [0, 0.1) is 20.8 Å². The number of nitrogens with zero attached hydrogens (tertiary/aromatic N) is 4. The number of benzene rings is 1. The molecule has 4 rings (SSSR count). The molecule has 0 spiro atoms. The lowest BCUT2D eigenvalue weighted by molar-refractivity contribution is -0.144. The first-order chi connectivity index (χ1) is 15.6. The molecular formula is C22H26N4O5S2. The molecule has 2 saturated heterocycles. The Morgan fingerprint density at radius 3 is 2.09 bits per heavy atom. The lowest BCUT2D eigenvalue weighted by atomic mass is 10.1. The Morgan fingerprint density at radius 1 is 0.909 bits per heavy atom. The van der Waals surface area contributed by atoms with Crippen molar-refractivity contribution < 1.29 is 22.8 Å². The third kappa shape index (κ3) is 4.45. The van der Waals surface area contributed by atoms with E-state index < -0.39 is 27.9 Å². The maximum absolute atomic E-state index is 13.3. The summed E-state index contributed by atoms with van der Waals surface area (Å²) in [6, 6.07) is 6.70. The van der Waals surface area contributed by atoms with Crippen LogP contribution in [0.5, 0.6) is 0 Å². The summed E-state index contributed by atoms with van der Waals surface area (Å²) in [5.41, 5.74) is 2.44. The van der Waals surface area contributed by atoms with Crippen LogP contribution in [0.4, 0.5) is 4.79 Å². The van der Waals surface area contributed by atoms with Crippen LogP contribution in [0.1, 0.15) is 21.6 Å². The van der Waals surface area contributed by atoms with Crippen LogP contribution >= 0.6 is 11.3 Å². The van der Waals surface area contributed by atoms with Gasteiger partial charge in [-0.15, -0.1) is 11.3 Å². The second kappa shape index (κ2) is 8.98. The van der Waals surface area contributed by atoms with Gasteiger partial charge >= 0.3 is 17.8 Å². The van der Waals surface area contributed by atoms with Gasteiger partial charge in [0, 0.05) is 31.1 Å². The number of sulfonamides is 1. The molecule has 0 radical (unpaired) electrons. The summed E-state index contributed by atoms with van der Waals surface area (Å²) in [6.45, 7) is 6.72. The summed E-state index contributed by atoms with van der Waals surface area (Å²) in [5.74, 6) is -1.68. The highest BCUT2D eigenvalue weighted by molar-refractivity contribution is 7.89. The molecule has 2 aliphatic heterocycles. The highest BCUT2D eigenvalue weighted by Crippen LogP contribution is 2.26. The molecule has 2 aliphatic rings. The molecule has 3 heterocycles. The van der Waals surface area contributed by atoms with E-state index in [2.05, 4.69) is 0 Å². The molecule has 176 valence electrons. The van der Waals surface area contributed by atoms with Crippen LogP contribution in [-0.2, 0) is 26.2 Å². The van der Waals surface area contributed by atoms with Crippen molar-refractivity contribution in [2.24, 2.45) is 0 Å². The van der Waals surface area contributed by atoms with Crippen LogP contribution < -0.4 is 0 Å². The lowest BCUT2D eigenvalue weighted by Crippen LogP contribution is -2.52. The molecule has 0 bridgehead atoms. The molecule has 4 amide bonds. The largest absolute Gasteiger partial charge is 0.335 e. The van der Waals surface area contributed by atoms with Crippen LogP contribution in [0.2, 0.25) is 0 Å². The Hall–Kier alpha value is -2.60. The van der Waals surface area contributed by atoms with Crippen molar-refractivity contribution in [2.75, 3.05) is 32.8 Å². The smallest absolute Gasteiger partial charge is 0.283 e. The predicted octanol–water partition coefficient (Wildman–Crippen LogP) is 1.93. The number of aryl methyl sites for hydroxylation is 3. The van der Waals surface area contributed by atoms with Crippen LogP contribution in [0.3, 0.4) is 0 Å². The number of rotatable bonds is 6. The van der Waals surface area contributed by atoms with E-state index in [1.807, 2.05) is 35.4 Å². The molecule has 9 nitrogen and oxygen atoms in total. The zero-order valence-electron chi connectivity index (χ0n) is 18.8. The van der Waals surface area contributed by atoms with Gasteiger partial charge in [-0.05, 0) is 43.3 Å². The zero-order chi connectivity index (χ0) is 23.9. The van der Waals surface area contributed by atoms with Gasteiger partial charge in [-0.1, -0.05) is 23.8 Å². The van der Waals surface area contributed by atoms with E-state index in [4.69, 9.17) is 0 Å². The molecule has 11 heteroatoms. The van der Waals surface area contributed by atoms with E-state index in [9.17, 15) is 22.8 Å². The van der Waals surface area contributed by atoms with Crippen molar-refractivity contribution in [1.29, 1.82) is 0 Å². The van der Waals surface area contributed by atoms with Crippen molar-refractivity contribution in [3.8, 4) is 0 Å². The molecule has 1 aromatic carbocycles. The second-order valence-corrected chi connectivity index (χ2v) is 11.3. The number of amides is 4. The van der Waals surface area contributed by atoms with Crippen molar-refractivity contribution >= 4 is 39.2 Å². The molecule has 1 aromatic heterocycles. The zero-order valence-corrected chi connectivity index (χ0v) is 20.4. The van der Waals surface area contributed by atoms with E-state index in [1.54, 1.807) is 19.9 Å². The van der Waals surface area contributed by atoms with Crippen molar-refractivity contribution in [2.45, 2.75) is 32.2 Å². The van der Waals surface area contributed by atoms with Gasteiger partial charge in [-0.3, -0.25) is 19.4 Å². The first kappa shape index (κ1) is 23.6. The third-order valence-corrected chi connectivity index (χ3v) is 8.97. The van der Waals surface area contributed by atoms with Crippen molar-refractivity contribution in [3.05, 3.63) is 51.2 Å². The van der Waals surface area contributed by atoms with Crippen molar-refractivity contribution in [3.63, 3.8) is 0 Å². The Bertz CT molecular complexity index is 1180. The summed E-state index contributed by atoms with van der Waals surface area (Å²) in [4.78, 5) is 42.3. The van der Waals surface area contributed by atoms with E-state index in [1.165, 1.54) is 15.6 Å². The van der Waals surface area contributed by atoms with Gasteiger partial charge in [-0.25, -0.2) is 18.1 Å². The number of urea groups is 1. The summed E-state index contributed by atoms with van der Waals surface area (Å²) in [7, 11) is -3.66. The van der Waals surface area contributed by atoms with E-state index in [0.29, 0.717) is 29.1 Å². The molecule has 0 atom stereocenters. The van der Waals surface area contributed by atoms with Crippen LogP contribution in [-0.4, -0.2) is 78.1 Å². The maximum atomic E-state index is 13.3. The second-order valence-electron chi connectivity index (χ2n) is 8.38. The fourth-order valence-electron chi connectivity index (χ4n) is 4.39. The fraction of sp³-hybridized carbons (Fsp3) is 0.409. The molecule has 0 unspecified atom stereocenters. The van der Waals surface area contributed by atoms with Gasteiger partial charge in [0.15, 0.2) is 0 Å². The molecule has 2 aromatic rings. The maximum Gasteiger partial charge on any atom is 0.335 e. The van der Waals surface area contributed by atoms with Gasteiger partial charge in [0.2, 0.25) is 10.0 Å². The third-order valence-electron chi connectivity index (χ3n) is 5.90. The minimum atomic E-state index is -3.66. The number of hydrogen-bond acceptors (Lipinski definition) is 7. The number of piperazine rings is 1. The standard InChI is InChI=1S/C22H26N4O5S2/c1-15-11-16(2)19(17(3)12-15)33(30,31)24-8-6-23(7-9-24)14-26-21(28)20(27)25(22(26)29)13-18-5-4-10-32-18/h4-5,10-12H,6-9,13-14H2,1-3H3. The van der Waals surface area contributed by atoms with Crippen LogP contribution in [0.25, 0.3) is 0 Å². The van der Waals surface area contributed by atoms with Gasteiger partial charge in [0.1, 0.15) is 0 Å². The average Bonchev–Trinajstić information content (AvgIpc) is 3.33. The minimum Gasteiger partial charge on any atom is -0.283 e. The van der Waals surface area contributed by atoms with E-state index in [0.717, 1.165) is 20.2 Å². The summed E-state index contributed by atoms with van der Waals surface area (Å²) >= 11 is 1.41. The number of thiophene rings is 1. The number of carbonyl (C=O) groups excluding carboxylic acids is 3. The van der Waals surface area contributed by atoms with Gasteiger partial charge in [0.25, 0.3) is 0 Å². The molecule has 2 fully saturated rings. The Kier molecular flexibility index (Phi) is 6.41. The summed E-state index contributed by atoms with van der Waals surface area (Å²) in [6.07, 6.45) is 0. The average molecular weight is 491 g/mol. The monoisotopic (exact) mass is 490 g/mol. The van der Waals surface area contributed by atoms with E-state index >= 15 is 0 Å². The van der Waals surface area contributed by atoms with E-state index in [-0.39, 0.29) is 26.3 Å². The fourth-order valence-corrected chi connectivity index (χ4v) is 6.91. The van der Waals surface area contributed by atoms with Gasteiger partial charge in [-0.2, -0.15) is 4.31 Å². The SMILES string of the molecule is Cc1cc(C)c(S(=O)(=O)N2CCN(CN3C(=O)C(=O)N(Cc4cccs4)C3=O)CC2)c(C)c1. The highest BCUT2D eigenvalue weighted by Gasteiger charge is 2.45. The van der Waals surface area contributed by atoms with Gasteiger partial charge < -0.3 is 0 Å². The normalized spacial score (nSPS) is 18.6. The molecule has 0 saturated carbocycles. The number of hydrogen-bond donors (Lipinski definition) is 0. The lowest BCUT2D eigenvalue weighted by Gasteiger charge is -2.35. The van der Waals surface area contributed by atoms with Crippen LogP contribution in [0.15, 0.2) is 34.5 Å². The Balaban J connectivity index is 1.41. The Labute approximate surface area is 197 Å². The van der Waals surface area contributed by atoms with Gasteiger partial charge in [0.05, 0.1) is 18.1 Å². The Morgan fingerprint density at radius 2 is 1.52 bits per heavy atom. The first-order valence-corrected chi connectivity index (χ1v) is 12.9. The predicted molar refractivity (Wildman–Crippen MR) is 123 cm³/mol.